The summed E-state index contributed by atoms with van der Waals surface area (Å²) in [4.78, 5) is 24.9. The molecule has 0 unspecified atom stereocenters. The molecule has 0 saturated heterocycles. The highest BCUT2D eigenvalue weighted by molar-refractivity contribution is 6.06. The first kappa shape index (κ1) is 20.4. The van der Waals surface area contributed by atoms with Crippen LogP contribution >= 0.6 is 0 Å². The summed E-state index contributed by atoms with van der Waals surface area (Å²) >= 11 is 0. The molecule has 2 rings (SSSR count). The smallest absolute Gasteiger partial charge is 0.387 e. The number of carbonyl (C=O) groups excluding carboxylic acids is 2. The van der Waals surface area contributed by atoms with Gasteiger partial charge in [0, 0.05) is 22.4 Å². The van der Waals surface area contributed by atoms with Gasteiger partial charge < -0.3 is 15.4 Å². The molecule has 0 aromatic heterocycles. The van der Waals surface area contributed by atoms with Crippen molar-refractivity contribution in [2.45, 2.75) is 39.8 Å². The third-order valence-electron chi connectivity index (χ3n) is 3.64. The van der Waals surface area contributed by atoms with E-state index in [1.165, 1.54) is 24.3 Å². The third-order valence-corrected chi connectivity index (χ3v) is 3.64. The second-order valence-electron chi connectivity index (χ2n) is 7.04. The first-order valence-electron chi connectivity index (χ1n) is 8.35. The summed E-state index contributed by atoms with van der Waals surface area (Å²) in [5.41, 5.74) is 1.28. The molecule has 144 valence electrons. The fourth-order valence-corrected chi connectivity index (χ4v) is 2.43. The second kappa shape index (κ2) is 8.16. The molecule has 0 heterocycles. The Morgan fingerprint density at radius 1 is 1.04 bits per heavy atom. The van der Waals surface area contributed by atoms with Crippen molar-refractivity contribution in [2.24, 2.45) is 0 Å². The summed E-state index contributed by atoms with van der Waals surface area (Å²) in [6.07, 6.45) is 0. The van der Waals surface area contributed by atoms with Crippen LogP contribution in [0.2, 0.25) is 0 Å². The van der Waals surface area contributed by atoms with E-state index in [4.69, 9.17) is 0 Å². The molecule has 5 nitrogen and oxygen atoms in total. The number of ether oxygens (including phenoxy) is 1. The van der Waals surface area contributed by atoms with Crippen LogP contribution in [-0.4, -0.2) is 24.0 Å². The molecule has 0 aliphatic rings. The number of rotatable bonds is 5. The van der Waals surface area contributed by atoms with E-state index in [9.17, 15) is 18.4 Å². The largest absolute Gasteiger partial charge is 0.435 e. The molecule has 0 bridgehead atoms. The van der Waals surface area contributed by atoms with E-state index in [1.807, 2.05) is 20.8 Å². The molecule has 0 radical (unpaired) electrons. The molecule has 2 amide bonds. The van der Waals surface area contributed by atoms with Gasteiger partial charge in [-0.3, -0.25) is 9.59 Å². The normalized spacial score (nSPS) is 11.2. The maximum absolute atomic E-state index is 12.5. The fourth-order valence-electron chi connectivity index (χ4n) is 2.43. The number of nitrogens with one attached hydrogen (secondary N) is 2. The first-order valence-corrected chi connectivity index (χ1v) is 8.35. The van der Waals surface area contributed by atoms with Crippen molar-refractivity contribution >= 4 is 17.5 Å². The topological polar surface area (TPSA) is 67.4 Å². The van der Waals surface area contributed by atoms with Crippen molar-refractivity contribution in [1.29, 1.82) is 0 Å². The van der Waals surface area contributed by atoms with E-state index in [2.05, 4.69) is 15.4 Å². The summed E-state index contributed by atoms with van der Waals surface area (Å²) in [7, 11) is 0. The molecular formula is C20H22F2N2O3. The van der Waals surface area contributed by atoms with Crippen LogP contribution in [0.4, 0.5) is 14.5 Å². The molecule has 0 aliphatic carbocycles. The molecule has 0 saturated carbocycles. The monoisotopic (exact) mass is 376 g/mol. The molecule has 0 aliphatic heterocycles. The summed E-state index contributed by atoms with van der Waals surface area (Å²) in [6, 6.07) is 10.5. The van der Waals surface area contributed by atoms with Gasteiger partial charge in [-0.05, 0) is 63.6 Å². The maximum atomic E-state index is 12.5. The number of anilines is 1. The quantitative estimate of drug-likeness (QED) is 0.814. The van der Waals surface area contributed by atoms with Gasteiger partial charge in [0.05, 0.1) is 0 Å². The lowest BCUT2D eigenvalue weighted by Crippen LogP contribution is -2.40. The van der Waals surface area contributed by atoms with Crippen molar-refractivity contribution in [3.63, 3.8) is 0 Å². The van der Waals surface area contributed by atoms with Crippen LogP contribution in [0.3, 0.4) is 0 Å². The minimum absolute atomic E-state index is 0.104. The van der Waals surface area contributed by atoms with E-state index in [-0.39, 0.29) is 17.2 Å². The molecular weight excluding hydrogens is 354 g/mol. The van der Waals surface area contributed by atoms with Gasteiger partial charge in [0.25, 0.3) is 11.8 Å². The van der Waals surface area contributed by atoms with Gasteiger partial charge in [0.2, 0.25) is 0 Å². The number of amides is 2. The van der Waals surface area contributed by atoms with Gasteiger partial charge >= 0.3 is 6.61 Å². The van der Waals surface area contributed by atoms with Crippen LogP contribution in [-0.2, 0) is 0 Å². The molecule has 2 aromatic carbocycles. The van der Waals surface area contributed by atoms with Crippen molar-refractivity contribution in [3.8, 4) is 5.75 Å². The van der Waals surface area contributed by atoms with Crippen LogP contribution in [0.25, 0.3) is 0 Å². The zero-order valence-corrected chi connectivity index (χ0v) is 15.6. The Morgan fingerprint density at radius 2 is 1.70 bits per heavy atom. The lowest BCUT2D eigenvalue weighted by molar-refractivity contribution is -0.0498. The number of alkyl halides is 2. The van der Waals surface area contributed by atoms with Crippen molar-refractivity contribution in [2.75, 3.05) is 5.32 Å². The Hall–Kier alpha value is -2.96. The van der Waals surface area contributed by atoms with E-state index in [0.717, 1.165) is 0 Å². The van der Waals surface area contributed by atoms with Gasteiger partial charge in [-0.1, -0.05) is 12.1 Å². The van der Waals surface area contributed by atoms with E-state index < -0.39 is 18.1 Å². The Bertz CT molecular complexity index is 845. The number of halogens is 2. The summed E-state index contributed by atoms with van der Waals surface area (Å²) in [6.45, 7) is 4.38. The van der Waals surface area contributed by atoms with Gasteiger partial charge in [-0.15, -0.1) is 0 Å². The third kappa shape index (κ3) is 5.77. The number of hydrogen-bond acceptors (Lipinski definition) is 3. The molecule has 7 heteroatoms. The minimum Gasteiger partial charge on any atom is -0.435 e. The van der Waals surface area contributed by atoms with Crippen LogP contribution in [0.15, 0.2) is 42.5 Å². The highest BCUT2D eigenvalue weighted by Crippen LogP contribution is 2.22. The van der Waals surface area contributed by atoms with Gasteiger partial charge in [0.1, 0.15) is 5.75 Å². The Balaban J connectivity index is 2.21. The lowest BCUT2D eigenvalue weighted by Gasteiger charge is -2.21. The Morgan fingerprint density at radius 3 is 2.33 bits per heavy atom. The maximum Gasteiger partial charge on any atom is 0.387 e. The van der Waals surface area contributed by atoms with Gasteiger partial charge in [-0.2, -0.15) is 8.78 Å². The Labute approximate surface area is 156 Å². The lowest BCUT2D eigenvalue weighted by atomic mass is 10.0. The van der Waals surface area contributed by atoms with Gasteiger partial charge in [0.15, 0.2) is 0 Å². The first-order chi connectivity index (χ1) is 12.6. The fraction of sp³-hybridized carbons (Fsp3) is 0.300. The molecule has 0 fully saturated rings. The summed E-state index contributed by atoms with van der Waals surface area (Å²) in [5.74, 6) is -0.845. The van der Waals surface area contributed by atoms with Crippen LogP contribution in [0.5, 0.6) is 5.75 Å². The number of benzene rings is 2. The molecule has 27 heavy (non-hydrogen) atoms. The summed E-state index contributed by atoms with van der Waals surface area (Å²) in [5, 5.41) is 5.58. The molecule has 0 spiro atoms. The van der Waals surface area contributed by atoms with E-state index in [1.54, 1.807) is 25.1 Å². The highest BCUT2D eigenvalue weighted by atomic mass is 19.3. The van der Waals surface area contributed by atoms with Crippen molar-refractivity contribution in [3.05, 3.63) is 59.2 Å². The number of carbonyl (C=O) groups is 2. The predicted molar refractivity (Wildman–Crippen MR) is 99.4 cm³/mol. The van der Waals surface area contributed by atoms with Crippen LogP contribution < -0.4 is 15.4 Å². The van der Waals surface area contributed by atoms with Crippen LogP contribution in [0.1, 0.15) is 47.1 Å². The minimum atomic E-state index is -2.97. The van der Waals surface area contributed by atoms with Crippen LogP contribution in [0, 0.1) is 6.92 Å². The van der Waals surface area contributed by atoms with Crippen molar-refractivity contribution < 1.29 is 23.1 Å². The van der Waals surface area contributed by atoms with Gasteiger partial charge in [-0.25, -0.2) is 0 Å². The second-order valence-corrected chi connectivity index (χ2v) is 7.04. The number of hydrogen-bond donors (Lipinski definition) is 2. The highest BCUT2D eigenvalue weighted by Gasteiger charge is 2.19. The summed E-state index contributed by atoms with van der Waals surface area (Å²) < 4.78 is 29.0. The molecule has 2 N–H and O–H groups in total. The molecule has 2 aromatic rings. The predicted octanol–water partition coefficient (Wildman–Crippen LogP) is 4.38. The average Bonchev–Trinajstić information content (AvgIpc) is 2.54. The zero-order chi connectivity index (χ0) is 20.2. The molecule has 0 atom stereocenters. The SMILES string of the molecule is Cc1c(NC(=O)c2cccc(OC(F)F)c2)cccc1C(=O)NC(C)(C)C. The zero-order valence-electron chi connectivity index (χ0n) is 15.6. The Kier molecular flexibility index (Phi) is 6.15. The van der Waals surface area contributed by atoms with Crippen molar-refractivity contribution in [1.82, 2.24) is 5.32 Å². The average molecular weight is 376 g/mol. The van der Waals surface area contributed by atoms with E-state index >= 15 is 0 Å². The standard InChI is InChI=1S/C20H22F2N2O3/c1-12-15(18(26)24-20(2,3)4)9-6-10-16(12)23-17(25)13-7-5-8-14(11-13)27-19(21)22/h5-11,19H,1-4H3,(H,23,25)(H,24,26). The van der Waals surface area contributed by atoms with E-state index in [0.29, 0.717) is 16.8 Å².